The van der Waals surface area contributed by atoms with Crippen molar-refractivity contribution in [3.05, 3.63) is 48.5 Å². The number of aliphatic hydroxyl groups is 1. The molecule has 182 valence electrons. The molecule has 1 atom stereocenters. The number of rotatable bonds is 9. The average Bonchev–Trinajstić information content (AvgIpc) is 3.13. The van der Waals surface area contributed by atoms with Crippen molar-refractivity contribution in [2.24, 2.45) is 5.92 Å². The Bertz CT molecular complexity index is 1100. The molecule has 1 aromatic heterocycles. The zero-order valence-corrected chi connectivity index (χ0v) is 19.1. The Morgan fingerprint density at radius 3 is 2.53 bits per heavy atom. The van der Waals surface area contributed by atoms with Gasteiger partial charge in [-0.05, 0) is 68.2 Å². The maximum atomic E-state index is 11.3. The van der Waals surface area contributed by atoms with Gasteiger partial charge in [-0.25, -0.2) is 4.79 Å². The minimum Gasteiger partial charge on any atom is -0.508 e. The van der Waals surface area contributed by atoms with Gasteiger partial charge in [-0.1, -0.05) is 6.07 Å². The number of carbonyl (C=O) groups is 1. The number of hydrogen-bond donors (Lipinski definition) is 3. The highest BCUT2D eigenvalue weighted by Gasteiger charge is 2.22. The third-order valence-corrected chi connectivity index (χ3v) is 5.89. The van der Waals surface area contributed by atoms with E-state index in [1.165, 1.54) is 13.0 Å². The summed E-state index contributed by atoms with van der Waals surface area (Å²) in [4.78, 5) is 18.5. The van der Waals surface area contributed by atoms with Crippen LogP contribution in [0.5, 0.6) is 23.1 Å². The van der Waals surface area contributed by atoms with E-state index in [4.69, 9.17) is 14.3 Å². The molecule has 4 rings (SSSR count). The van der Waals surface area contributed by atoms with E-state index >= 15 is 0 Å². The molecule has 1 aliphatic rings. The molecule has 2 heterocycles. The molecule has 0 spiro atoms. The molecular weight excluding hydrogens is 440 g/mol. The molecule has 0 bridgehead atoms. The summed E-state index contributed by atoms with van der Waals surface area (Å²) in [5, 5.41) is 30.5. The molecule has 3 aromatic rings. The summed E-state index contributed by atoms with van der Waals surface area (Å²) in [6.07, 6.45) is 1.28. The SMILES string of the molecule is CC(=O)On1c(O)cc2c(OCC(O)CN3CCC(COc4ccc(O)cc4)CC3)cccc21. The average molecular weight is 471 g/mol. The van der Waals surface area contributed by atoms with Crippen molar-refractivity contribution in [1.29, 1.82) is 0 Å². The van der Waals surface area contributed by atoms with Crippen LogP contribution in [0.4, 0.5) is 0 Å². The third-order valence-electron chi connectivity index (χ3n) is 5.89. The molecule has 0 radical (unpaired) electrons. The maximum Gasteiger partial charge on any atom is 0.330 e. The van der Waals surface area contributed by atoms with Gasteiger partial charge in [0.25, 0.3) is 0 Å². The van der Waals surface area contributed by atoms with E-state index in [0.717, 1.165) is 36.4 Å². The Labute approximate surface area is 197 Å². The standard InChI is InChI=1S/C25H30N2O7/c1-17(28)34-27-23-3-2-4-24(22(23)13-25(27)31)33-16-20(30)14-26-11-9-18(10-12-26)15-32-21-7-5-19(29)6-8-21/h2-8,13,18,20,29-31H,9-12,14-16H2,1H3. The monoisotopic (exact) mass is 470 g/mol. The Hall–Kier alpha value is -3.43. The van der Waals surface area contributed by atoms with E-state index in [9.17, 15) is 20.1 Å². The lowest BCUT2D eigenvalue weighted by Gasteiger charge is -2.33. The molecule has 3 N–H and O–H groups in total. The van der Waals surface area contributed by atoms with Crippen molar-refractivity contribution in [3.63, 3.8) is 0 Å². The van der Waals surface area contributed by atoms with Gasteiger partial charge >= 0.3 is 5.97 Å². The van der Waals surface area contributed by atoms with Crippen LogP contribution >= 0.6 is 0 Å². The Morgan fingerprint density at radius 1 is 1.09 bits per heavy atom. The number of aromatic hydroxyl groups is 2. The zero-order chi connectivity index (χ0) is 24.1. The number of β-amino-alcohol motifs (C(OH)–C–C–N with tert-alkyl or cyclic N) is 1. The Balaban J connectivity index is 1.23. The molecule has 9 nitrogen and oxygen atoms in total. The molecule has 0 saturated carbocycles. The lowest BCUT2D eigenvalue weighted by atomic mass is 9.97. The van der Waals surface area contributed by atoms with Gasteiger partial charge in [0.2, 0.25) is 5.88 Å². The molecule has 0 amide bonds. The molecule has 9 heteroatoms. The number of piperidine rings is 1. The van der Waals surface area contributed by atoms with Gasteiger partial charge in [0.15, 0.2) is 0 Å². The van der Waals surface area contributed by atoms with E-state index in [1.54, 1.807) is 42.5 Å². The van der Waals surface area contributed by atoms with Crippen LogP contribution in [-0.4, -0.2) is 69.9 Å². The summed E-state index contributed by atoms with van der Waals surface area (Å²) in [5.41, 5.74) is 0.497. The Kier molecular flexibility index (Phi) is 7.44. The van der Waals surface area contributed by atoms with Gasteiger partial charge in [0.1, 0.15) is 30.0 Å². The van der Waals surface area contributed by atoms with Crippen LogP contribution in [0.25, 0.3) is 10.9 Å². The first-order valence-corrected chi connectivity index (χ1v) is 11.4. The van der Waals surface area contributed by atoms with Crippen molar-refractivity contribution < 1.29 is 34.4 Å². The fourth-order valence-electron chi connectivity index (χ4n) is 4.14. The van der Waals surface area contributed by atoms with Crippen LogP contribution in [-0.2, 0) is 4.79 Å². The number of hydrogen-bond acceptors (Lipinski definition) is 8. The number of nitrogens with zero attached hydrogens (tertiary/aromatic N) is 2. The number of aromatic nitrogens is 1. The van der Waals surface area contributed by atoms with Crippen LogP contribution < -0.4 is 14.3 Å². The summed E-state index contributed by atoms with van der Waals surface area (Å²) in [6, 6.07) is 13.4. The van der Waals surface area contributed by atoms with Crippen LogP contribution in [0, 0.1) is 5.92 Å². The first-order chi connectivity index (χ1) is 16.4. The van der Waals surface area contributed by atoms with Crippen molar-refractivity contribution in [1.82, 2.24) is 9.63 Å². The number of phenols is 1. The lowest BCUT2D eigenvalue weighted by Crippen LogP contribution is -2.41. The van der Waals surface area contributed by atoms with Crippen molar-refractivity contribution in [2.75, 3.05) is 32.8 Å². The maximum absolute atomic E-state index is 11.3. The number of phenolic OH excluding ortho intramolecular Hbond substituents is 1. The molecule has 1 fully saturated rings. The molecule has 1 unspecified atom stereocenters. The number of likely N-dealkylation sites (tertiary alicyclic amines) is 1. The summed E-state index contributed by atoms with van der Waals surface area (Å²) in [6.45, 7) is 4.23. The minimum atomic E-state index is -0.677. The van der Waals surface area contributed by atoms with Crippen LogP contribution in [0.3, 0.4) is 0 Å². The smallest absolute Gasteiger partial charge is 0.330 e. The molecule has 1 saturated heterocycles. The van der Waals surface area contributed by atoms with Gasteiger partial charge in [0.05, 0.1) is 12.1 Å². The zero-order valence-electron chi connectivity index (χ0n) is 19.1. The first-order valence-electron chi connectivity index (χ1n) is 11.4. The second kappa shape index (κ2) is 10.7. The van der Waals surface area contributed by atoms with Crippen LogP contribution in [0.2, 0.25) is 0 Å². The van der Waals surface area contributed by atoms with E-state index < -0.39 is 12.1 Å². The van der Waals surface area contributed by atoms with Crippen molar-refractivity contribution in [3.8, 4) is 23.1 Å². The fourth-order valence-corrected chi connectivity index (χ4v) is 4.14. The molecular formula is C25H30N2O7. The van der Waals surface area contributed by atoms with Gasteiger partial charge in [-0.2, -0.15) is 0 Å². The quantitative estimate of drug-likeness (QED) is 0.437. The predicted octanol–water partition coefficient (Wildman–Crippen LogP) is 2.56. The van der Waals surface area contributed by atoms with Gasteiger partial charge in [-0.3, -0.25) is 0 Å². The minimum absolute atomic E-state index is 0.0997. The van der Waals surface area contributed by atoms with E-state index in [1.807, 2.05) is 0 Å². The van der Waals surface area contributed by atoms with Crippen LogP contribution in [0.15, 0.2) is 48.5 Å². The third kappa shape index (κ3) is 5.92. The number of carbonyl (C=O) groups excluding carboxylic acids is 1. The number of aliphatic hydroxyl groups excluding tert-OH is 1. The molecule has 1 aliphatic heterocycles. The van der Waals surface area contributed by atoms with Crippen LogP contribution in [0.1, 0.15) is 19.8 Å². The number of fused-ring (bicyclic) bond motifs is 1. The molecule has 34 heavy (non-hydrogen) atoms. The fraction of sp³-hybridized carbons (Fsp3) is 0.400. The highest BCUT2D eigenvalue weighted by Crippen LogP contribution is 2.31. The highest BCUT2D eigenvalue weighted by atomic mass is 16.7. The predicted molar refractivity (Wildman–Crippen MR) is 125 cm³/mol. The van der Waals surface area contributed by atoms with Gasteiger partial charge in [-0.15, -0.1) is 4.73 Å². The van der Waals surface area contributed by atoms with Gasteiger partial charge < -0.3 is 34.5 Å². The van der Waals surface area contributed by atoms with Gasteiger partial charge in [0, 0.05) is 24.9 Å². The second-order valence-corrected chi connectivity index (χ2v) is 8.58. The summed E-state index contributed by atoms with van der Waals surface area (Å²) >= 11 is 0. The number of ether oxygens (including phenoxy) is 2. The lowest BCUT2D eigenvalue weighted by molar-refractivity contribution is -0.141. The first kappa shape index (κ1) is 23.7. The normalized spacial score (nSPS) is 15.8. The highest BCUT2D eigenvalue weighted by molar-refractivity contribution is 5.88. The second-order valence-electron chi connectivity index (χ2n) is 8.58. The Morgan fingerprint density at radius 2 is 1.82 bits per heavy atom. The van der Waals surface area contributed by atoms with Crippen molar-refractivity contribution in [2.45, 2.75) is 25.9 Å². The largest absolute Gasteiger partial charge is 0.508 e. The topological polar surface area (TPSA) is 114 Å². The van der Waals surface area contributed by atoms with Crippen molar-refractivity contribution >= 4 is 16.9 Å². The molecule has 2 aromatic carbocycles. The van der Waals surface area contributed by atoms with E-state index in [2.05, 4.69) is 4.90 Å². The summed E-state index contributed by atoms with van der Waals surface area (Å²) in [5.74, 6) is 1.15. The van der Waals surface area contributed by atoms with E-state index in [0.29, 0.717) is 35.7 Å². The summed E-state index contributed by atoms with van der Waals surface area (Å²) < 4.78 is 12.7. The van der Waals surface area contributed by atoms with E-state index in [-0.39, 0.29) is 18.2 Å². The number of benzene rings is 2. The molecule has 0 aliphatic carbocycles. The summed E-state index contributed by atoms with van der Waals surface area (Å²) in [7, 11) is 0.